The minimum atomic E-state index is -1.10. The molecule has 1 heterocycles. The van der Waals surface area contributed by atoms with Gasteiger partial charge in [0, 0.05) is 12.4 Å². The highest BCUT2D eigenvalue weighted by atomic mass is 16.5. The standard InChI is InChI=1S/C9H12N2O2/c1-9(10,8(12)13-2)7-3-5-11-6-4-7/h3-6H,10H2,1-2H3. The highest BCUT2D eigenvalue weighted by Gasteiger charge is 2.31. The second-order valence-corrected chi connectivity index (χ2v) is 2.93. The van der Waals surface area contributed by atoms with Gasteiger partial charge in [-0.05, 0) is 24.6 Å². The summed E-state index contributed by atoms with van der Waals surface area (Å²) in [6, 6.07) is 3.38. The summed E-state index contributed by atoms with van der Waals surface area (Å²) in [6.07, 6.45) is 3.17. The summed E-state index contributed by atoms with van der Waals surface area (Å²) in [6.45, 7) is 1.61. The lowest BCUT2D eigenvalue weighted by Gasteiger charge is -2.21. The predicted octanol–water partition coefficient (Wildman–Crippen LogP) is 0.428. The Morgan fingerprint density at radius 2 is 2.08 bits per heavy atom. The number of aromatic nitrogens is 1. The molecule has 1 rings (SSSR count). The fourth-order valence-corrected chi connectivity index (χ4v) is 1.03. The quantitative estimate of drug-likeness (QED) is 0.670. The lowest BCUT2D eigenvalue weighted by atomic mass is 9.94. The van der Waals surface area contributed by atoms with Crippen molar-refractivity contribution < 1.29 is 9.53 Å². The third kappa shape index (κ3) is 1.84. The summed E-state index contributed by atoms with van der Waals surface area (Å²) in [5, 5.41) is 0. The van der Waals surface area contributed by atoms with Crippen LogP contribution in [-0.4, -0.2) is 18.1 Å². The normalized spacial score (nSPS) is 14.7. The Balaban J connectivity index is 3.00. The van der Waals surface area contributed by atoms with Gasteiger partial charge in [0.05, 0.1) is 7.11 Å². The fraction of sp³-hybridized carbons (Fsp3) is 0.333. The van der Waals surface area contributed by atoms with Crippen LogP contribution in [0.2, 0.25) is 0 Å². The molecular formula is C9H12N2O2. The number of methoxy groups -OCH3 is 1. The highest BCUT2D eigenvalue weighted by molar-refractivity contribution is 5.81. The van der Waals surface area contributed by atoms with Crippen LogP contribution in [0.4, 0.5) is 0 Å². The van der Waals surface area contributed by atoms with Gasteiger partial charge in [0.15, 0.2) is 0 Å². The zero-order chi connectivity index (χ0) is 9.90. The molecule has 0 aliphatic heterocycles. The summed E-state index contributed by atoms with van der Waals surface area (Å²) in [5.74, 6) is -0.460. The Hall–Kier alpha value is -1.42. The van der Waals surface area contributed by atoms with Gasteiger partial charge in [0.1, 0.15) is 5.54 Å². The van der Waals surface area contributed by atoms with Crippen LogP contribution in [0.3, 0.4) is 0 Å². The number of carbonyl (C=O) groups excluding carboxylic acids is 1. The number of esters is 1. The van der Waals surface area contributed by atoms with Gasteiger partial charge in [-0.1, -0.05) is 0 Å². The van der Waals surface area contributed by atoms with Crippen molar-refractivity contribution in [2.24, 2.45) is 5.73 Å². The molecule has 0 radical (unpaired) electrons. The van der Waals surface area contributed by atoms with Crippen LogP contribution in [0.1, 0.15) is 12.5 Å². The minimum Gasteiger partial charge on any atom is -0.467 e. The molecule has 0 bridgehead atoms. The van der Waals surface area contributed by atoms with E-state index in [2.05, 4.69) is 9.72 Å². The topological polar surface area (TPSA) is 65.2 Å². The molecule has 0 amide bonds. The van der Waals surface area contributed by atoms with Gasteiger partial charge < -0.3 is 10.5 Å². The molecule has 1 aromatic rings. The maximum atomic E-state index is 11.3. The monoisotopic (exact) mass is 180 g/mol. The predicted molar refractivity (Wildman–Crippen MR) is 47.8 cm³/mol. The summed E-state index contributed by atoms with van der Waals surface area (Å²) < 4.78 is 4.59. The minimum absolute atomic E-state index is 0.460. The molecule has 0 spiro atoms. The summed E-state index contributed by atoms with van der Waals surface area (Å²) in [5.41, 5.74) is 5.38. The Kier molecular flexibility index (Phi) is 2.63. The molecule has 2 N–H and O–H groups in total. The molecule has 1 aromatic heterocycles. The maximum Gasteiger partial charge on any atom is 0.330 e. The van der Waals surface area contributed by atoms with Gasteiger partial charge in [-0.3, -0.25) is 4.98 Å². The van der Waals surface area contributed by atoms with Gasteiger partial charge >= 0.3 is 5.97 Å². The van der Waals surface area contributed by atoms with Crippen LogP contribution >= 0.6 is 0 Å². The number of rotatable bonds is 2. The van der Waals surface area contributed by atoms with Gasteiger partial charge in [-0.15, -0.1) is 0 Å². The van der Waals surface area contributed by atoms with E-state index in [-0.39, 0.29) is 0 Å². The maximum absolute atomic E-state index is 11.3. The molecular weight excluding hydrogens is 168 g/mol. The van der Waals surface area contributed by atoms with Crippen molar-refractivity contribution in [1.29, 1.82) is 0 Å². The van der Waals surface area contributed by atoms with Gasteiger partial charge in [-0.25, -0.2) is 4.79 Å². The number of ether oxygens (including phenoxy) is 1. The first kappa shape index (κ1) is 9.67. The summed E-state index contributed by atoms with van der Waals surface area (Å²) >= 11 is 0. The van der Waals surface area contributed by atoms with E-state index < -0.39 is 11.5 Å². The second kappa shape index (κ2) is 3.53. The lowest BCUT2D eigenvalue weighted by molar-refractivity contribution is -0.146. The lowest BCUT2D eigenvalue weighted by Crippen LogP contribution is -2.42. The van der Waals surface area contributed by atoms with Crippen molar-refractivity contribution in [2.75, 3.05) is 7.11 Å². The van der Waals surface area contributed by atoms with Crippen LogP contribution in [0, 0.1) is 0 Å². The fourth-order valence-electron chi connectivity index (χ4n) is 1.03. The van der Waals surface area contributed by atoms with Gasteiger partial charge in [0.2, 0.25) is 0 Å². The van der Waals surface area contributed by atoms with E-state index in [1.807, 2.05) is 0 Å². The Morgan fingerprint density at radius 3 is 2.54 bits per heavy atom. The molecule has 0 aromatic carbocycles. The van der Waals surface area contributed by atoms with Crippen molar-refractivity contribution in [3.05, 3.63) is 30.1 Å². The number of carbonyl (C=O) groups is 1. The first-order chi connectivity index (χ1) is 6.09. The zero-order valence-electron chi connectivity index (χ0n) is 7.65. The van der Waals surface area contributed by atoms with E-state index in [9.17, 15) is 4.79 Å². The molecule has 1 atom stereocenters. The number of nitrogens with zero attached hydrogens (tertiary/aromatic N) is 1. The SMILES string of the molecule is COC(=O)C(C)(N)c1ccncc1. The smallest absolute Gasteiger partial charge is 0.330 e. The first-order valence-corrected chi connectivity index (χ1v) is 3.87. The van der Waals surface area contributed by atoms with E-state index >= 15 is 0 Å². The van der Waals surface area contributed by atoms with Crippen LogP contribution in [0.15, 0.2) is 24.5 Å². The Morgan fingerprint density at radius 1 is 1.54 bits per heavy atom. The molecule has 0 aliphatic carbocycles. The molecule has 0 fully saturated rings. The van der Waals surface area contributed by atoms with Gasteiger partial charge in [0.25, 0.3) is 0 Å². The summed E-state index contributed by atoms with van der Waals surface area (Å²) in [4.78, 5) is 15.1. The van der Waals surface area contributed by atoms with E-state index in [0.29, 0.717) is 5.56 Å². The zero-order valence-corrected chi connectivity index (χ0v) is 7.65. The third-order valence-electron chi connectivity index (χ3n) is 1.89. The highest BCUT2D eigenvalue weighted by Crippen LogP contribution is 2.17. The summed E-state index contributed by atoms with van der Waals surface area (Å²) in [7, 11) is 1.31. The van der Waals surface area contributed by atoms with Crippen molar-refractivity contribution in [2.45, 2.75) is 12.5 Å². The van der Waals surface area contributed by atoms with Crippen LogP contribution < -0.4 is 5.73 Å². The third-order valence-corrected chi connectivity index (χ3v) is 1.89. The number of pyridine rings is 1. The average Bonchev–Trinajstić information content (AvgIpc) is 2.18. The van der Waals surface area contributed by atoms with Crippen LogP contribution in [-0.2, 0) is 15.1 Å². The molecule has 1 unspecified atom stereocenters. The van der Waals surface area contributed by atoms with Crippen LogP contribution in [0.25, 0.3) is 0 Å². The van der Waals surface area contributed by atoms with E-state index in [1.165, 1.54) is 7.11 Å². The van der Waals surface area contributed by atoms with E-state index in [4.69, 9.17) is 5.73 Å². The largest absolute Gasteiger partial charge is 0.467 e. The van der Waals surface area contributed by atoms with Crippen LogP contribution in [0.5, 0.6) is 0 Å². The number of hydrogen-bond acceptors (Lipinski definition) is 4. The average molecular weight is 180 g/mol. The molecule has 4 nitrogen and oxygen atoms in total. The van der Waals surface area contributed by atoms with E-state index in [0.717, 1.165) is 0 Å². The van der Waals surface area contributed by atoms with E-state index in [1.54, 1.807) is 31.5 Å². The first-order valence-electron chi connectivity index (χ1n) is 3.87. The molecule has 0 saturated carbocycles. The molecule has 13 heavy (non-hydrogen) atoms. The molecule has 0 aliphatic rings. The van der Waals surface area contributed by atoms with Gasteiger partial charge in [-0.2, -0.15) is 0 Å². The Bertz CT molecular complexity index is 296. The van der Waals surface area contributed by atoms with Crippen molar-refractivity contribution in [3.8, 4) is 0 Å². The molecule has 4 heteroatoms. The van der Waals surface area contributed by atoms with Crippen molar-refractivity contribution in [1.82, 2.24) is 4.98 Å². The molecule has 70 valence electrons. The van der Waals surface area contributed by atoms with Crippen molar-refractivity contribution in [3.63, 3.8) is 0 Å². The Labute approximate surface area is 76.7 Å². The van der Waals surface area contributed by atoms with Crippen molar-refractivity contribution >= 4 is 5.97 Å². The molecule has 0 saturated heterocycles. The second-order valence-electron chi connectivity index (χ2n) is 2.93. The number of nitrogens with two attached hydrogens (primary N) is 1. The number of hydrogen-bond donors (Lipinski definition) is 1.